The summed E-state index contributed by atoms with van der Waals surface area (Å²) >= 11 is 0. The topological polar surface area (TPSA) is 41.9 Å². The highest BCUT2D eigenvalue weighted by molar-refractivity contribution is 14.0. The number of benzene rings is 1. The quantitative estimate of drug-likeness (QED) is 0.566. The van der Waals surface area contributed by atoms with E-state index in [9.17, 15) is 5.11 Å². The highest BCUT2D eigenvalue weighted by atomic mass is 127. The van der Waals surface area contributed by atoms with Crippen LogP contribution < -0.4 is 9.47 Å². The van der Waals surface area contributed by atoms with Gasteiger partial charge in [-0.3, -0.25) is 0 Å². The Morgan fingerprint density at radius 2 is 2.23 bits per heavy atom. The molecule has 0 saturated carbocycles. The first kappa shape index (κ1) is 16.1. The van der Waals surface area contributed by atoms with Crippen LogP contribution in [0.5, 0.6) is 11.5 Å². The first-order valence-electron chi connectivity index (χ1n) is 7.57. The molecule has 3 unspecified atom stereocenters. The summed E-state index contributed by atoms with van der Waals surface area (Å²) < 4.78 is 11.8. The predicted molar refractivity (Wildman–Crippen MR) is 95.2 cm³/mol. The molecule has 22 heavy (non-hydrogen) atoms. The van der Waals surface area contributed by atoms with Crippen molar-refractivity contribution in [1.29, 1.82) is 0 Å². The molecule has 120 valence electrons. The van der Waals surface area contributed by atoms with Crippen LogP contribution >= 0.6 is 24.0 Å². The van der Waals surface area contributed by atoms with Crippen molar-refractivity contribution < 1.29 is 14.6 Å². The van der Waals surface area contributed by atoms with Crippen LogP contribution in [-0.2, 0) is 12.0 Å². The number of nitrogens with zero attached hydrogens (tertiary/aromatic N) is 1. The summed E-state index contributed by atoms with van der Waals surface area (Å²) in [4.78, 5) is 2.35. The number of rotatable bonds is 1. The van der Waals surface area contributed by atoms with Crippen LogP contribution in [-0.4, -0.2) is 42.9 Å². The molecule has 0 fully saturated rings. The van der Waals surface area contributed by atoms with Gasteiger partial charge in [0, 0.05) is 18.5 Å². The van der Waals surface area contributed by atoms with Gasteiger partial charge in [0.1, 0.15) is 6.10 Å². The van der Waals surface area contributed by atoms with Crippen LogP contribution in [0.2, 0.25) is 0 Å². The molecule has 1 aromatic rings. The standard InChI is InChI=1S/C17H21NO3.HI/c1-18-8-7-17-6-5-12(19)9-14(17)21-16-13(20-2)4-3-11(10-18)15(16)17;/h3-6,12,14,19H,7-10H2,1-2H3;1H. The summed E-state index contributed by atoms with van der Waals surface area (Å²) in [6.45, 7) is 1.96. The van der Waals surface area contributed by atoms with Crippen molar-refractivity contribution in [2.75, 3.05) is 20.7 Å². The summed E-state index contributed by atoms with van der Waals surface area (Å²) in [6.07, 6.45) is 5.38. The van der Waals surface area contributed by atoms with Gasteiger partial charge in [-0.15, -0.1) is 24.0 Å². The van der Waals surface area contributed by atoms with Crippen molar-refractivity contribution in [3.63, 3.8) is 0 Å². The van der Waals surface area contributed by atoms with Crippen LogP contribution in [0.4, 0.5) is 0 Å². The van der Waals surface area contributed by atoms with Gasteiger partial charge in [-0.2, -0.15) is 0 Å². The van der Waals surface area contributed by atoms with E-state index in [1.54, 1.807) is 7.11 Å². The van der Waals surface area contributed by atoms with E-state index in [2.05, 4.69) is 24.1 Å². The molecule has 0 bridgehead atoms. The van der Waals surface area contributed by atoms with Gasteiger partial charge >= 0.3 is 0 Å². The first-order chi connectivity index (χ1) is 10.1. The molecule has 4 nitrogen and oxygen atoms in total. The summed E-state index contributed by atoms with van der Waals surface area (Å²) in [5.41, 5.74) is 2.48. The SMILES string of the molecule is COc1ccc2c3c1OC1CC(O)C=CC31CCN(C)C2.I. The van der Waals surface area contributed by atoms with Crippen molar-refractivity contribution in [3.05, 3.63) is 35.4 Å². The summed E-state index contributed by atoms with van der Waals surface area (Å²) in [5, 5.41) is 9.97. The lowest BCUT2D eigenvalue weighted by molar-refractivity contribution is 0.0821. The summed E-state index contributed by atoms with van der Waals surface area (Å²) in [5.74, 6) is 1.68. The number of ether oxygens (including phenoxy) is 2. The predicted octanol–water partition coefficient (Wildman–Crippen LogP) is 2.47. The molecule has 0 radical (unpaired) electrons. The smallest absolute Gasteiger partial charge is 0.166 e. The third-order valence-corrected chi connectivity index (χ3v) is 5.15. The fourth-order valence-corrected chi connectivity index (χ4v) is 4.08. The third-order valence-electron chi connectivity index (χ3n) is 5.15. The number of hydrogen-bond acceptors (Lipinski definition) is 4. The molecular formula is C17H22INO3. The minimum Gasteiger partial charge on any atom is -0.493 e. The van der Waals surface area contributed by atoms with Gasteiger partial charge in [0.15, 0.2) is 11.5 Å². The van der Waals surface area contributed by atoms with Gasteiger partial charge in [0.25, 0.3) is 0 Å². The van der Waals surface area contributed by atoms with Gasteiger partial charge in [-0.25, -0.2) is 0 Å². The number of aliphatic hydroxyl groups is 1. The van der Waals surface area contributed by atoms with Gasteiger partial charge in [-0.1, -0.05) is 18.2 Å². The Hall–Kier alpha value is -0.790. The Labute approximate surface area is 148 Å². The first-order valence-corrected chi connectivity index (χ1v) is 7.57. The van der Waals surface area contributed by atoms with E-state index in [1.165, 1.54) is 11.1 Å². The molecule has 1 N–H and O–H groups in total. The lowest BCUT2D eigenvalue weighted by Crippen LogP contribution is -2.42. The van der Waals surface area contributed by atoms with Gasteiger partial charge in [0.05, 0.1) is 18.6 Å². The fraction of sp³-hybridized carbons (Fsp3) is 0.529. The molecule has 0 aromatic heterocycles. The van der Waals surface area contributed by atoms with Crippen LogP contribution in [0.3, 0.4) is 0 Å². The second-order valence-corrected chi connectivity index (χ2v) is 6.43. The number of methoxy groups -OCH3 is 1. The van der Waals surface area contributed by atoms with Crippen molar-refractivity contribution in [3.8, 4) is 11.5 Å². The second-order valence-electron chi connectivity index (χ2n) is 6.43. The van der Waals surface area contributed by atoms with E-state index in [4.69, 9.17) is 9.47 Å². The monoisotopic (exact) mass is 415 g/mol. The maximum atomic E-state index is 9.97. The number of halogens is 1. The molecule has 3 atom stereocenters. The van der Waals surface area contributed by atoms with E-state index >= 15 is 0 Å². The fourth-order valence-electron chi connectivity index (χ4n) is 4.08. The third kappa shape index (κ3) is 2.17. The van der Waals surface area contributed by atoms with Crippen molar-refractivity contribution in [2.24, 2.45) is 0 Å². The molecule has 1 aromatic carbocycles. The molecule has 5 heteroatoms. The Bertz CT molecular complexity index is 618. The molecule has 3 aliphatic rings. The van der Waals surface area contributed by atoms with Crippen LogP contribution in [0, 0.1) is 0 Å². The summed E-state index contributed by atoms with van der Waals surface area (Å²) in [7, 11) is 3.84. The molecule has 1 spiro atoms. The highest BCUT2D eigenvalue weighted by Gasteiger charge is 2.52. The second kappa shape index (κ2) is 5.69. The van der Waals surface area contributed by atoms with Crippen molar-refractivity contribution >= 4 is 24.0 Å². The Kier molecular flexibility index (Phi) is 4.16. The van der Waals surface area contributed by atoms with E-state index in [0.717, 1.165) is 31.0 Å². The average molecular weight is 415 g/mol. The molecule has 2 heterocycles. The average Bonchev–Trinajstić information content (AvgIpc) is 2.72. The van der Waals surface area contributed by atoms with Crippen molar-refractivity contribution in [2.45, 2.75) is 37.0 Å². The Morgan fingerprint density at radius 1 is 1.41 bits per heavy atom. The largest absolute Gasteiger partial charge is 0.493 e. The zero-order valence-corrected chi connectivity index (χ0v) is 15.2. The molecule has 0 saturated heterocycles. The van der Waals surface area contributed by atoms with Crippen LogP contribution in [0.15, 0.2) is 24.3 Å². The minimum atomic E-state index is -0.412. The maximum absolute atomic E-state index is 9.97. The van der Waals surface area contributed by atoms with E-state index in [1.807, 2.05) is 12.1 Å². The number of hydrogen-bond donors (Lipinski definition) is 1. The highest BCUT2D eigenvalue weighted by Crippen LogP contribution is 2.55. The zero-order chi connectivity index (χ0) is 14.6. The normalized spacial score (nSPS) is 32.3. The zero-order valence-electron chi connectivity index (χ0n) is 12.9. The molecule has 2 aliphatic heterocycles. The molecule has 4 rings (SSSR count). The molecule has 1 aliphatic carbocycles. The van der Waals surface area contributed by atoms with E-state index < -0.39 is 6.10 Å². The van der Waals surface area contributed by atoms with Gasteiger partial charge in [0.2, 0.25) is 0 Å². The maximum Gasteiger partial charge on any atom is 0.166 e. The van der Waals surface area contributed by atoms with Crippen molar-refractivity contribution in [1.82, 2.24) is 4.90 Å². The number of aliphatic hydroxyl groups excluding tert-OH is 1. The van der Waals surface area contributed by atoms with Crippen LogP contribution in [0.1, 0.15) is 24.0 Å². The summed E-state index contributed by atoms with van der Waals surface area (Å²) in [6, 6.07) is 4.16. The van der Waals surface area contributed by atoms with E-state index in [-0.39, 0.29) is 35.5 Å². The van der Waals surface area contributed by atoms with E-state index in [0.29, 0.717) is 6.42 Å². The van der Waals surface area contributed by atoms with Crippen LogP contribution in [0.25, 0.3) is 0 Å². The molecular weight excluding hydrogens is 393 g/mol. The Morgan fingerprint density at radius 3 is 3.00 bits per heavy atom. The lowest BCUT2D eigenvalue weighted by Gasteiger charge is -2.35. The Balaban J connectivity index is 0.00000144. The van der Waals surface area contributed by atoms with Gasteiger partial charge < -0.3 is 19.5 Å². The van der Waals surface area contributed by atoms with Gasteiger partial charge in [-0.05, 0) is 31.6 Å². The molecule has 0 amide bonds. The lowest BCUT2D eigenvalue weighted by atomic mass is 9.69. The minimum absolute atomic E-state index is 0.